The van der Waals surface area contributed by atoms with Crippen molar-refractivity contribution in [3.63, 3.8) is 0 Å². The lowest BCUT2D eigenvalue weighted by molar-refractivity contribution is 0.281. The molecule has 0 radical (unpaired) electrons. The molecule has 0 spiro atoms. The molecule has 0 aliphatic carbocycles. The van der Waals surface area contributed by atoms with Crippen molar-refractivity contribution in [2.75, 3.05) is 0 Å². The summed E-state index contributed by atoms with van der Waals surface area (Å²) in [6, 6.07) is 4.18. The number of aliphatic hydroxyl groups excluding tert-OH is 1. The summed E-state index contributed by atoms with van der Waals surface area (Å²) in [6.07, 6.45) is 0. The Labute approximate surface area is 142 Å². The summed E-state index contributed by atoms with van der Waals surface area (Å²) >= 11 is 3.00. The van der Waals surface area contributed by atoms with Gasteiger partial charge in [0, 0.05) is 16.5 Å². The lowest BCUT2D eigenvalue weighted by Gasteiger charge is -2.16. The summed E-state index contributed by atoms with van der Waals surface area (Å²) in [7, 11) is 0. The van der Waals surface area contributed by atoms with Gasteiger partial charge in [0.25, 0.3) is 0 Å². The molecule has 0 saturated carbocycles. The van der Waals surface area contributed by atoms with Crippen molar-refractivity contribution in [3.8, 4) is 23.3 Å². The standard InChI is InChI=1S/C16H7BrF4N2O/c17-3-7-1-11(18)9(4-22)15(20)13(7)14-8(6-24)2-12(19)10(5-23)16(14)21/h1-2,24H,3,6H2. The number of alkyl halides is 1. The Morgan fingerprint density at radius 1 is 0.875 bits per heavy atom. The minimum atomic E-state index is -1.39. The molecule has 0 aliphatic heterocycles. The molecule has 2 aromatic rings. The second-order valence-corrected chi connectivity index (χ2v) is 5.24. The monoisotopic (exact) mass is 398 g/mol. The zero-order valence-corrected chi connectivity index (χ0v) is 13.4. The van der Waals surface area contributed by atoms with Gasteiger partial charge in [-0.05, 0) is 23.3 Å². The first-order valence-corrected chi connectivity index (χ1v) is 7.52. The van der Waals surface area contributed by atoms with Crippen LogP contribution in [-0.2, 0) is 11.9 Å². The van der Waals surface area contributed by atoms with Gasteiger partial charge in [0.15, 0.2) is 11.6 Å². The second-order valence-electron chi connectivity index (χ2n) is 4.68. The maximum absolute atomic E-state index is 14.6. The van der Waals surface area contributed by atoms with Crippen molar-refractivity contribution in [1.29, 1.82) is 10.5 Å². The molecule has 0 aromatic heterocycles. The molecule has 2 aromatic carbocycles. The van der Waals surface area contributed by atoms with E-state index in [1.54, 1.807) is 0 Å². The van der Waals surface area contributed by atoms with Crippen LogP contribution in [-0.4, -0.2) is 5.11 Å². The average molecular weight is 399 g/mol. The Hall–Kier alpha value is -2.42. The van der Waals surface area contributed by atoms with Gasteiger partial charge in [-0.1, -0.05) is 15.9 Å². The summed E-state index contributed by atoms with van der Waals surface area (Å²) < 4.78 is 56.6. The largest absolute Gasteiger partial charge is 0.392 e. The number of aliphatic hydroxyl groups is 1. The topological polar surface area (TPSA) is 67.8 Å². The molecule has 1 N–H and O–H groups in total. The fourth-order valence-corrected chi connectivity index (χ4v) is 2.75. The van der Waals surface area contributed by atoms with Crippen LogP contribution in [0.4, 0.5) is 17.6 Å². The first-order valence-electron chi connectivity index (χ1n) is 6.40. The van der Waals surface area contributed by atoms with E-state index >= 15 is 0 Å². The Kier molecular flexibility index (Phi) is 5.23. The van der Waals surface area contributed by atoms with Crippen molar-refractivity contribution in [2.45, 2.75) is 11.9 Å². The molecule has 0 atom stereocenters. The van der Waals surface area contributed by atoms with E-state index in [-0.39, 0.29) is 16.5 Å². The smallest absolute Gasteiger partial charge is 0.152 e. The maximum Gasteiger partial charge on any atom is 0.152 e. The van der Waals surface area contributed by atoms with E-state index in [2.05, 4.69) is 15.9 Å². The fraction of sp³-hybridized carbons (Fsp3) is 0.125. The molecule has 8 heteroatoms. The quantitative estimate of drug-likeness (QED) is 0.626. The first kappa shape index (κ1) is 17.9. The highest BCUT2D eigenvalue weighted by Gasteiger charge is 2.26. The molecule has 0 aliphatic rings. The number of nitrogens with zero attached hydrogens (tertiary/aromatic N) is 2. The number of benzene rings is 2. The molecule has 0 saturated heterocycles. The summed E-state index contributed by atoms with van der Waals surface area (Å²) in [6.45, 7) is -0.852. The van der Waals surface area contributed by atoms with Crippen molar-refractivity contribution >= 4 is 15.9 Å². The Balaban J connectivity index is 3.03. The molecule has 122 valence electrons. The Morgan fingerprint density at radius 3 is 1.67 bits per heavy atom. The van der Waals surface area contributed by atoms with E-state index in [1.165, 1.54) is 12.1 Å². The predicted octanol–water partition coefficient (Wildman–Crippen LogP) is 4.04. The van der Waals surface area contributed by atoms with Gasteiger partial charge in [-0.3, -0.25) is 0 Å². The number of halogens is 5. The zero-order chi connectivity index (χ0) is 18.0. The van der Waals surface area contributed by atoms with Crippen LogP contribution < -0.4 is 0 Å². The molecule has 0 amide bonds. The van der Waals surface area contributed by atoms with Gasteiger partial charge in [0.05, 0.1) is 6.61 Å². The summed E-state index contributed by atoms with van der Waals surface area (Å²) in [5.74, 6) is -5.10. The van der Waals surface area contributed by atoms with Crippen LogP contribution in [0.15, 0.2) is 12.1 Å². The third-order valence-electron chi connectivity index (χ3n) is 3.39. The molecule has 2 rings (SSSR count). The van der Waals surface area contributed by atoms with Crippen molar-refractivity contribution in [1.82, 2.24) is 0 Å². The van der Waals surface area contributed by atoms with Crippen molar-refractivity contribution in [2.24, 2.45) is 0 Å². The van der Waals surface area contributed by atoms with Crippen LogP contribution in [0.3, 0.4) is 0 Å². The highest BCUT2D eigenvalue weighted by Crippen LogP contribution is 2.37. The van der Waals surface area contributed by atoms with Gasteiger partial charge in [-0.15, -0.1) is 0 Å². The number of hydrogen-bond donors (Lipinski definition) is 1. The molecular formula is C16H7BrF4N2O. The molecule has 0 fully saturated rings. The van der Waals surface area contributed by atoms with Gasteiger partial charge in [0.2, 0.25) is 0 Å². The van der Waals surface area contributed by atoms with E-state index in [4.69, 9.17) is 10.5 Å². The highest BCUT2D eigenvalue weighted by molar-refractivity contribution is 9.08. The minimum Gasteiger partial charge on any atom is -0.392 e. The SMILES string of the molecule is N#Cc1c(F)cc(CO)c(-c2c(CBr)cc(F)c(C#N)c2F)c1F. The third kappa shape index (κ3) is 2.75. The number of hydrogen-bond acceptors (Lipinski definition) is 3. The van der Waals surface area contributed by atoms with Crippen LogP contribution in [0.25, 0.3) is 11.1 Å². The van der Waals surface area contributed by atoms with Crippen molar-refractivity contribution in [3.05, 3.63) is 57.7 Å². The van der Waals surface area contributed by atoms with E-state index in [1.807, 2.05) is 0 Å². The summed E-state index contributed by atoms with van der Waals surface area (Å²) in [5, 5.41) is 27.0. The van der Waals surface area contributed by atoms with E-state index in [0.717, 1.165) is 6.07 Å². The summed E-state index contributed by atoms with van der Waals surface area (Å²) in [4.78, 5) is 0. The number of nitriles is 2. The Bertz CT molecular complexity index is 841. The van der Waals surface area contributed by atoms with Gasteiger partial charge in [0.1, 0.15) is 34.9 Å². The molecule has 0 bridgehead atoms. The molecule has 3 nitrogen and oxygen atoms in total. The van der Waals surface area contributed by atoms with Crippen LogP contribution in [0, 0.1) is 45.9 Å². The molecule has 0 unspecified atom stereocenters. The van der Waals surface area contributed by atoms with Crippen LogP contribution in [0.2, 0.25) is 0 Å². The normalized spacial score (nSPS) is 10.3. The molecule has 24 heavy (non-hydrogen) atoms. The Morgan fingerprint density at radius 2 is 1.29 bits per heavy atom. The number of rotatable bonds is 3. The molecule has 0 heterocycles. The van der Waals surface area contributed by atoms with Gasteiger partial charge >= 0.3 is 0 Å². The minimum absolute atomic E-state index is 0.0619. The van der Waals surface area contributed by atoms with Gasteiger partial charge in [-0.25, -0.2) is 17.6 Å². The molecular weight excluding hydrogens is 392 g/mol. The van der Waals surface area contributed by atoms with Crippen LogP contribution in [0.5, 0.6) is 0 Å². The van der Waals surface area contributed by atoms with Gasteiger partial charge < -0.3 is 5.11 Å². The van der Waals surface area contributed by atoms with Crippen molar-refractivity contribution < 1.29 is 22.7 Å². The lowest BCUT2D eigenvalue weighted by atomic mass is 9.91. The average Bonchev–Trinajstić information content (AvgIpc) is 2.55. The highest BCUT2D eigenvalue weighted by atomic mass is 79.9. The summed E-state index contributed by atoms with van der Waals surface area (Å²) in [5.41, 5.74) is -3.40. The van der Waals surface area contributed by atoms with Crippen LogP contribution in [0.1, 0.15) is 22.3 Å². The first-order chi connectivity index (χ1) is 11.4. The lowest BCUT2D eigenvalue weighted by Crippen LogP contribution is -2.06. The van der Waals surface area contributed by atoms with Gasteiger partial charge in [-0.2, -0.15) is 10.5 Å². The zero-order valence-electron chi connectivity index (χ0n) is 11.8. The predicted molar refractivity (Wildman–Crippen MR) is 79.7 cm³/mol. The maximum atomic E-state index is 14.6. The van der Waals surface area contributed by atoms with E-state index in [9.17, 15) is 22.7 Å². The van der Waals surface area contributed by atoms with Crippen LogP contribution >= 0.6 is 15.9 Å². The fourth-order valence-electron chi connectivity index (χ4n) is 2.31. The van der Waals surface area contributed by atoms with E-state index < -0.39 is 52.1 Å². The van der Waals surface area contributed by atoms with E-state index in [0.29, 0.717) is 6.07 Å². The second kappa shape index (κ2) is 7.00. The third-order valence-corrected chi connectivity index (χ3v) is 3.99.